The molecular formula is C39H24N2O2. The second-order valence-electron chi connectivity index (χ2n) is 11.2. The van der Waals surface area contributed by atoms with Crippen LogP contribution in [0.3, 0.4) is 0 Å². The van der Waals surface area contributed by atoms with E-state index in [1.807, 2.05) is 30.3 Å². The zero-order valence-electron chi connectivity index (χ0n) is 23.2. The molecule has 0 N–H and O–H groups in total. The standard InChI is InChI=1S/C39H24N2O2/c40-21-24-12-17-36-34(18-24)30-6-1-3-9-35(30)41(36)28-16-15-27-23-42-22-26-14-13-25(19-32(26)33(27)20-28)29-8-5-11-38-39(29)31-7-2-4-10-37(31)43-38/h1-20H,22-23H2. The van der Waals surface area contributed by atoms with E-state index in [4.69, 9.17) is 9.15 Å². The maximum atomic E-state index is 9.57. The average Bonchev–Trinajstić information content (AvgIpc) is 3.54. The molecule has 0 saturated heterocycles. The van der Waals surface area contributed by atoms with Gasteiger partial charge in [0, 0.05) is 27.2 Å². The normalized spacial score (nSPS) is 12.8. The minimum atomic E-state index is 0.556. The minimum absolute atomic E-state index is 0.556. The van der Waals surface area contributed by atoms with Crippen molar-refractivity contribution in [2.75, 3.05) is 0 Å². The van der Waals surface area contributed by atoms with Gasteiger partial charge in [-0.25, -0.2) is 0 Å². The van der Waals surface area contributed by atoms with Gasteiger partial charge in [0.25, 0.3) is 0 Å². The Morgan fingerprint density at radius 1 is 0.581 bits per heavy atom. The highest BCUT2D eigenvalue weighted by Gasteiger charge is 2.20. The van der Waals surface area contributed by atoms with E-state index in [1.165, 1.54) is 22.3 Å². The third-order valence-electron chi connectivity index (χ3n) is 8.78. The molecule has 9 rings (SSSR count). The van der Waals surface area contributed by atoms with Crippen molar-refractivity contribution in [1.29, 1.82) is 5.26 Å². The molecule has 4 heteroatoms. The lowest BCUT2D eigenvalue weighted by atomic mass is 9.91. The van der Waals surface area contributed by atoms with E-state index in [0.29, 0.717) is 18.8 Å². The summed E-state index contributed by atoms with van der Waals surface area (Å²) in [5, 5.41) is 14.1. The third-order valence-corrected chi connectivity index (χ3v) is 8.78. The smallest absolute Gasteiger partial charge is 0.136 e. The van der Waals surface area contributed by atoms with Crippen molar-refractivity contribution < 1.29 is 9.15 Å². The topological polar surface area (TPSA) is 51.1 Å². The van der Waals surface area contributed by atoms with Gasteiger partial charge in [0.1, 0.15) is 11.2 Å². The molecule has 2 aromatic heterocycles. The van der Waals surface area contributed by atoms with Gasteiger partial charge >= 0.3 is 0 Å². The van der Waals surface area contributed by atoms with Crippen molar-refractivity contribution in [3.63, 3.8) is 0 Å². The molecule has 1 aliphatic rings. The van der Waals surface area contributed by atoms with Crippen LogP contribution in [-0.4, -0.2) is 4.57 Å². The highest BCUT2D eigenvalue weighted by atomic mass is 16.5. The fourth-order valence-electron chi connectivity index (χ4n) is 6.81. The monoisotopic (exact) mass is 552 g/mol. The van der Waals surface area contributed by atoms with E-state index in [2.05, 4.69) is 102 Å². The lowest BCUT2D eigenvalue weighted by Crippen LogP contribution is -1.97. The fourth-order valence-corrected chi connectivity index (χ4v) is 6.81. The van der Waals surface area contributed by atoms with Crippen molar-refractivity contribution in [2.24, 2.45) is 0 Å². The van der Waals surface area contributed by atoms with E-state index in [0.717, 1.165) is 60.6 Å². The van der Waals surface area contributed by atoms with Gasteiger partial charge in [-0.1, -0.05) is 66.7 Å². The Kier molecular flexibility index (Phi) is 5.13. The molecule has 3 heterocycles. The Bertz CT molecular complexity index is 2450. The van der Waals surface area contributed by atoms with E-state index < -0.39 is 0 Å². The van der Waals surface area contributed by atoms with Crippen LogP contribution in [0.4, 0.5) is 0 Å². The van der Waals surface area contributed by atoms with E-state index >= 15 is 0 Å². The molecule has 43 heavy (non-hydrogen) atoms. The highest BCUT2D eigenvalue weighted by molar-refractivity contribution is 6.13. The predicted molar refractivity (Wildman–Crippen MR) is 172 cm³/mol. The van der Waals surface area contributed by atoms with Gasteiger partial charge in [-0.05, 0) is 88.0 Å². The van der Waals surface area contributed by atoms with Crippen LogP contribution >= 0.6 is 0 Å². The van der Waals surface area contributed by atoms with Crippen LogP contribution in [-0.2, 0) is 18.0 Å². The van der Waals surface area contributed by atoms with Crippen LogP contribution < -0.4 is 0 Å². The number of fused-ring (bicyclic) bond motifs is 9. The lowest BCUT2D eigenvalue weighted by Gasteiger charge is -2.15. The van der Waals surface area contributed by atoms with Crippen LogP contribution in [0.5, 0.6) is 0 Å². The first kappa shape index (κ1) is 24.0. The van der Waals surface area contributed by atoms with Gasteiger partial charge in [0.05, 0.1) is 35.9 Å². The molecule has 0 radical (unpaired) electrons. The molecule has 0 spiro atoms. The summed E-state index contributed by atoms with van der Waals surface area (Å²) in [6.07, 6.45) is 0. The van der Waals surface area contributed by atoms with Crippen molar-refractivity contribution in [3.05, 3.63) is 138 Å². The third kappa shape index (κ3) is 3.59. The van der Waals surface area contributed by atoms with Crippen molar-refractivity contribution in [3.8, 4) is 34.0 Å². The molecule has 0 bridgehead atoms. The van der Waals surface area contributed by atoms with Gasteiger partial charge in [-0.2, -0.15) is 5.26 Å². The van der Waals surface area contributed by atoms with Crippen molar-refractivity contribution in [2.45, 2.75) is 13.2 Å². The zero-order valence-corrected chi connectivity index (χ0v) is 23.2. The largest absolute Gasteiger partial charge is 0.456 e. The van der Waals surface area contributed by atoms with Crippen LogP contribution in [0, 0.1) is 11.3 Å². The van der Waals surface area contributed by atoms with Crippen LogP contribution in [0.15, 0.2) is 126 Å². The molecule has 1 aliphatic heterocycles. The lowest BCUT2D eigenvalue weighted by molar-refractivity contribution is 0.110. The van der Waals surface area contributed by atoms with E-state index in [1.54, 1.807) is 0 Å². The van der Waals surface area contributed by atoms with E-state index in [9.17, 15) is 5.26 Å². The number of hydrogen-bond acceptors (Lipinski definition) is 3. The summed E-state index contributed by atoms with van der Waals surface area (Å²) < 4.78 is 14.7. The average molecular weight is 553 g/mol. The van der Waals surface area contributed by atoms with Crippen LogP contribution in [0.1, 0.15) is 16.7 Å². The first-order valence-electron chi connectivity index (χ1n) is 14.4. The SMILES string of the molecule is N#Cc1ccc2c(c1)c1ccccc1n2-c1ccc2c(c1)-c1cc(-c3cccc4oc5ccccc5c34)ccc1COC2. The summed E-state index contributed by atoms with van der Waals surface area (Å²) in [6, 6.07) is 44.6. The maximum Gasteiger partial charge on any atom is 0.136 e. The van der Waals surface area contributed by atoms with E-state index in [-0.39, 0.29) is 0 Å². The van der Waals surface area contributed by atoms with Crippen molar-refractivity contribution in [1.82, 2.24) is 4.57 Å². The Balaban J connectivity index is 1.27. The highest BCUT2D eigenvalue weighted by Crippen LogP contribution is 2.41. The molecule has 0 unspecified atom stereocenters. The Morgan fingerprint density at radius 2 is 1.33 bits per heavy atom. The number of ether oxygens (including phenoxy) is 1. The van der Waals surface area contributed by atoms with Crippen molar-refractivity contribution >= 4 is 43.7 Å². The number of nitrogens with zero attached hydrogens (tertiary/aromatic N) is 2. The molecule has 0 amide bonds. The quantitative estimate of drug-likeness (QED) is 0.214. The first-order chi connectivity index (χ1) is 21.3. The molecule has 4 nitrogen and oxygen atoms in total. The number of furan rings is 1. The van der Waals surface area contributed by atoms with Crippen LogP contribution in [0.2, 0.25) is 0 Å². The summed E-state index contributed by atoms with van der Waals surface area (Å²) >= 11 is 0. The number of rotatable bonds is 2. The molecule has 8 aromatic rings. The second kappa shape index (κ2) is 9.19. The number of aromatic nitrogens is 1. The van der Waals surface area contributed by atoms with Gasteiger partial charge in [-0.3, -0.25) is 0 Å². The number of para-hydroxylation sites is 2. The van der Waals surface area contributed by atoms with Gasteiger partial charge < -0.3 is 13.7 Å². The molecule has 0 aliphatic carbocycles. The first-order valence-corrected chi connectivity index (χ1v) is 14.4. The second-order valence-corrected chi connectivity index (χ2v) is 11.2. The molecular weight excluding hydrogens is 528 g/mol. The molecule has 0 fully saturated rings. The van der Waals surface area contributed by atoms with Gasteiger partial charge in [0.15, 0.2) is 0 Å². The Hall–Kier alpha value is -5.63. The summed E-state index contributed by atoms with van der Waals surface area (Å²) in [4.78, 5) is 0. The number of hydrogen-bond donors (Lipinski definition) is 0. The number of nitriles is 1. The summed E-state index contributed by atoms with van der Waals surface area (Å²) in [5.74, 6) is 0. The fraction of sp³-hybridized carbons (Fsp3) is 0.0513. The molecule has 0 saturated carbocycles. The Morgan fingerprint density at radius 3 is 2.21 bits per heavy atom. The van der Waals surface area contributed by atoms with Crippen LogP contribution in [0.25, 0.3) is 71.7 Å². The molecule has 6 aromatic carbocycles. The summed E-state index contributed by atoms with van der Waals surface area (Å²) in [5.41, 5.74) is 12.7. The zero-order chi connectivity index (χ0) is 28.5. The molecule has 0 atom stereocenters. The predicted octanol–water partition coefficient (Wildman–Crippen LogP) is 9.92. The minimum Gasteiger partial charge on any atom is -0.456 e. The number of benzene rings is 6. The summed E-state index contributed by atoms with van der Waals surface area (Å²) in [7, 11) is 0. The summed E-state index contributed by atoms with van der Waals surface area (Å²) in [6.45, 7) is 1.12. The Labute approximate surface area is 247 Å². The maximum absolute atomic E-state index is 9.57. The molecule has 202 valence electrons. The van der Waals surface area contributed by atoms with Gasteiger partial charge in [-0.15, -0.1) is 0 Å². The van der Waals surface area contributed by atoms with Gasteiger partial charge in [0.2, 0.25) is 0 Å².